The Labute approximate surface area is 143 Å². The molecule has 2 rings (SSSR count). The molecule has 0 spiro atoms. The Balaban J connectivity index is 1.96. The van der Waals surface area contributed by atoms with Gasteiger partial charge in [0.2, 0.25) is 10.0 Å². The van der Waals surface area contributed by atoms with E-state index < -0.39 is 10.0 Å². The molecule has 0 atom stereocenters. The lowest BCUT2D eigenvalue weighted by atomic mass is 10.2. The highest BCUT2D eigenvalue weighted by Crippen LogP contribution is 2.15. The maximum Gasteiger partial charge on any atom is 0.234 e. The van der Waals surface area contributed by atoms with Crippen molar-refractivity contribution in [2.75, 3.05) is 13.7 Å². The summed E-state index contributed by atoms with van der Waals surface area (Å²) >= 11 is 0. The summed E-state index contributed by atoms with van der Waals surface area (Å²) in [5, 5.41) is 1.14. The van der Waals surface area contributed by atoms with Crippen molar-refractivity contribution in [2.24, 2.45) is 0 Å². The van der Waals surface area contributed by atoms with Crippen molar-refractivity contribution in [3.8, 4) is 17.6 Å². The zero-order chi connectivity index (χ0) is 17.4. The van der Waals surface area contributed by atoms with Crippen LogP contribution in [-0.4, -0.2) is 22.1 Å². The maximum atomic E-state index is 11.9. The van der Waals surface area contributed by atoms with Crippen LogP contribution in [-0.2, 0) is 10.0 Å². The van der Waals surface area contributed by atoms with Crippen LogP contribution in [0, 0.1) is 18.8 Å². The molecular formula is C19H19NO3S. The molecule has 124 valence electrons. The molecule has 0 aliphatic heterocycles. The smallest absolute Gasteiger partial charge is 0.234 e. The van der Waals surface area contributed by atoms with Gasteiger partial charge in [0.05, 0.1) is 19.2 Å². The molecule has 0 heterocycles. The van der Waals surface area contributed by atoms with Gasteiger partial charge in [0, 0.05) is 5.41 Å². The summed E-state index contributed by atoms with van der Waals surface area (Å²) in [6, 6.07) is 14.9. The summed E-state index contributed by atoms with van der Waals surface area (Å²) in [6.07, 6.45) is 1.55. The molecule has 5 heteroatoms. The Morgan fingerprint density at radius 1 is 1.12 bits per heavy atom. The first-order valence-corrected chi connectivity index (χ1v) is 8.91. The van der Waals surface area contributed by atoms with E-state index in [0.717, 1.165) is 22.1 Å². The summed E-state index contributed by atoms with van der Waals surface area (Å²) in [4.78, 5) is 0. The van der Waals surface area contributed by atoms with Gasteiger partial charge < -0.3 is 4.74 Å². The molecule has 0 fully saturated rings. The summed E-state index contributed by atoms with van der Waals surface area (Å²) in [6.45, 7) is 2.00. The first-order chi connectivity index (χ1) is 11.5. The van der Waals surface area contributed by atoms with Gasteiger partial charge in [-0.25, -0.2) is 8.42 Å². The molecule has 0 saturated carbocycles. The molecule has 4 nitrogen and oxygen atoms in total. The third kappa shape index (κ3) is 5.58. The number of methoxy groups -OCH3 is 1. The zero-order valence-corrected chi connectivity index (χ0v) is 14.4. The maximum absolute atomic E-state index is 11.9. The Morgan fingerprint density at radius 3 is 2.54 bits per heavy atom. The van der Waals surface area contributed by atoms with Crippen molar-refractivity contribution in [3.05, 3.63) is 70.6 Å². The largest absolute Gasteiger partial charge is 0.495 e. The predicted molar refractivity (Wildman–Crippen MR) is 97.0 cm³/mol. The molecule has 0 saturated heterocycles. The van der Waals surface area contributed by atoms with Crippen LogP contribution >= 0.6 is 0 Å². The van der Waals surface area contributed by atoms with Crippen LogP contribution in [0.4, 0.5) is 0 Å². The Bertz CT molecular complexity index is 873. The Hall–Kier alpha value is -2.55. The molecule has 0 amide bonds. The summed E-state index contributed by atoms with van der Waals surface area (Å²) < 4.78 is 31.4. The summed E-state index contributed by atoms with van der Waals surface area (Å²) in [5.41, 5.74) is 2.67. The van der Waals surface area contributed by atoms with E-state index in [-0.39, 0.29) is 6.54 Å². The van der Waals surface area contributed by atoms with Crippen LogP contribution < -0.4 is 9.46 Å². The van der Waals surface area contributed by atoms with Gasteiger partial charge in [0.1, 0.15) is 5.75 Å². The highest BCUT2D eigenvalue weighted by Gasteiger charge is 2.02. The third-order valence-corrected chi connectivity index (χ3v) is 4.25. The first kappa shape index (κ1) is 17.8. The number of hydrogen-bond acceptors (Lipinski definition) is 3. The second-order valence-electron chi connectivity index (χ2n) is 5.08. The molecule has 2 aromatic rings. The average molecular weight is 341 g/mol. The van der Waals surface area contributed by atoms with E-state index >= 15 is 0 Å². The average Bonchev–Trinajstić information content (AvgIpc) is 2.58. The van der Waals surface area contributed by atoms with Crippen molar-refractivity contribution in [3.63, 3.8) is 0 Å². The highest BCUT2D eigenvalue weighted by molar-refractivity contribution is 7.92. The van der Waals surface area contributed by atoms with Gasteiger partial charge in [0.25, 0.3) is 0 Å². The van der Waals surface area contributed by atoms with Gasteiger partial charge in [0.15, 0.2) is 0 Å². The molecule has 0 bridgehead atoms. The Kier molecular flexibility index (Phi) is 6.19. The molecule has 24 heavy (non-hydrogen) atoms. The van der Waals surface area contributed by atoms with Crippen LogP contribution in [0.3, 0.4) is 0 Å². The number of sulfonamides is 1. The minimum absolute atomic E-state index is 0.0264. The number of aryl methyl sites for hydroxylation is 1. The lowest BCUT2D eigenvalue weighted by molar-refractivity contribution is 0.413. The summed E-state index contributed by atoms with van der Waals surface area (Å²) in [7, 11) is -1.96. The first-order valence-electron chi connectivity index (χ1n) is 7.36. The molecule has 0 radical (unpaired) electrons. The molecule has 1 N–H and O–H groups in total. The van der Waals surface area contributed by atoms with Gasteiger partial charge in [-0.1, -0.05) is 53.8 Å². The fraction of sp³-hybridized carbons (Fsp3) is 0.158. The van der Waals surface area contributed by atoms with E-state index in [1.54, 1.807) is 19.3 Å². The van der Waals surface area contributed by atoms with E-state index in [9.17, 15) is 8.42 Å². The summed E-state index contributed by atoms with van der Waals surface area (Å²) in [5.74, 6) is 6.33. The van der Waals surface area contributed by atoms with E-state index in [0.29, 0.717) is 5.75 Å². The van der Waals surface area contributed by atoms with Crippen molar-refractivity contribution in [1.82, 2.24) is 4.72 Å². The van der Waals surface area contributed by atoms with Gasteiger partial charge in [-0.15, -0.1) is 0 Å². The molecule has 2 aromatic carbocycles. The van der Waals surface area contributed by atoms with Crippen molar-refractivity contribution >= 4 is 16.1 Å². The zero-order valence-electron chi connectivity index (χ0n) is 13.6. The number of ether oxygens (including phenoxy) is 1. The topological polar surface area (TPSA) is 55.4 Å². The number of benzene rings is 2. The number of nitrogens with one attached hydrogen (secondary N) is 1. The van der Waals surface area contributed by atoms with Crippen LogP contribution in [0.1, 0.15) is 16.7 Å². The second kappa shape index (κ2) is 8.34. The van der Waals surface area contributed by atoms with E-state index in [1.165, 1.54) is 0 Å². The minimum atomic E-state index is -3.52. The lowest BCUT2D eigenvalue weighted by Crippen LogP contribution is -2.21. The normalized spacial score (nSPS) is 11.1. The molecule has 0 aliphatic rings. The van der Waals surface area contributed by atoms with Crippen LogP contribution in [0.25, 0.3) is 6.08 Å². The second-order valence-corrected chi connectivity index (χ2v) is 6.73. The number of para-hydroxylation sites is 1. The van der Waals surface area contributed by atoms with Crippen molar-refractivity contribution < 1.29 is 13.2 Å². The monoisotopic (exact) mass is 341 g/mol. The quantitative estimate of drug-likeness (QED) is 0.851. The third-order valence-electron chi connectivity index (χ3n) is 3.21. The number of hydrogen-bond donors (Lipinski definition) is 1. The predicted octanol–water partition coefficient (Wildman–Crippen LogP) is 2.95. The fourth-order valence-corrected chi connectivity index (χ4v) is 2.62. The standard InChI is InChI=1S/C19H19NO3S/c1-16-9-11-17(12-10-16)13-15-24(21,22)20-14-5-7-18-6-3-4-8-19(18)23-2/h3-4,6,8-13,15,20H,14H2,1-2H3/b15-13+. The van der Waals surface area contributed by atoms with Crippen molar-refractivity contribution in [2.45, 2.75) is 6.92 Å². The van der Waals surface area contributed by atoms with Crippen molar-refractivity contribution in [1.29, 1.82) is 0 Å². The SMILES string of the molecule is COc1ccccc1C#CCNS(=O)(=O)/C=C/c1ccc(C)cc1. The highest BCUT2D eigenvalue weighted by atomic mass is 32.2. The minimum Gasteiger partial charge on any atom is -0.495 e. The van der Waals surface area contributed by atoms with Gasteiger partial charge in [-0.05, 0) is 30.7 Å². The van der Waals surface area contributed by atoms with Gasteiger partial charge >= 0.3 is 0 Å². The van der Waals surface area contributed by atoms with E-state index in [2.05, 4.69) is 16.6 Å². The lowest BCUT2D eigenvalue weighted by Gasteiger charge is -2.01. The van der Waals surface area contributed by atoms with Crippen LogP contribution in [0.2, 0.25) is 0 Å². The molecule has 0 aliphatic carbocycles. The van der Waals surface area contributed by atoms with E-state index in [1.807, 2.05) is 49.4 Å². The van der Waals surface area contributed by atoms with Gasteiger partial charge in [-0.2, -0.15) is 4.72 Å². The van der Waals surface area contributed by atoms with E-state index in [4.69, 9.17) is 4.74 Å². The molecular weight excluding hydrogens is 322 g/mol. The van der Waals surface area contributed by atoms with Crippen LogP contribution in [0.5, 0.6) is 5.75 Å². The molecule has 0 aromatic heterocycles. The van der Waals surface area contributed by atoms with Gasteiger partial charge in [-0.3, -0.25) is 0 Å². The molecule has 0 unspecified atom stereocenters. The Morgan fingerprint density at radius 2 is 1.83 bits per heavy atom. The number of rotatable bonds is 5. The fourth-order valence-electron chi connectivity index (χ4n) is 1.92. The van der Waals surface area contributed by atoms with Crippen LogP contribution in [0.15, 0.2) is 53.9 Å².